The Bertz CT molecular complexity index is 547. The fraction of sp³-hybridized carbons (Fsp3) is 0.368. The number of hydrogen-bond acceptors (Lipinski definition) is 3. The SMILES string of the molecule is c1ccc(COc2ccc(NCC3CCCNC3)cc2)cc1. The molecule has 0 aliphatic carbocycles. The molecule has 1 unspecified atom stereocenters. The minimum Gasteiger partial charge on any atom is -0.489 e. The highest BCUT2D eigenvalue weighted by Crippen LogP contribution is 2.18. The van der Waals surface area contributed by atoms with Gasteiger partial charge in [-0.05, 0) is 61.7 Å². The minimum absolute atomic E-state index is 0.612. The van der Waals surface area contributed by atoms with Crippen molar-refractivity contribution in [3.63, 3.8) is 0 Å². The van der Waals surface area contributed by atoms with Crippen molar-refractivity contribution in [2.24, 2.45) is 5.92 Å². The van der Waals surface area contributed by atoms with Gasteiger partial charge in [0.05, 0.1) is 0 Å². The van der Waals surface area contributed by atoms with Gasteiger partial charge in [-0.1, -0.05) is 30.3 Å². The van der Waals surface area contributed by atoms with Crippen molar-refractivity contribution >= 4 is 5.69 Å². The molecule has 1 heterocycles. The highest BCUT2D eigenvalue weighted by molar-refractivity contribution is 5.46. The van der Waals surface area contributed by atoms with E-state index in [4.69, 9.17) is 4.74 Å². The van der Waals surface area contributed by atoms with Crippen LogP contribution in [0.1, 0.15) is 18.4 Å². The number of nitrogens with one attached hydrogen (secondary N) is 2. The zero-order chi connectivity index (χ0) is 15.0. The lowest BCUT2D eigenvalue weighted by Crippen LogP contribution is -2.33. The molecule has 2 aromatic rings. The number of benzene rings is 2. The molecule has 0 bridgehead atoms. The van der Waals surface area contributed by atoms with E-state index in [0.29, 0.717) is 6.61 Å². The van der Waals surface area contributed by atoms with Crippen molar-refractivity contribution in [1.29, 1.82) is 0 Å². The van der Waals surface area contributed by atoms with Gasteiger partial charge in [0.1, 0.15) is 12.4 Å². The summed E-state index contributed by atoms with van der Waals surface area (Å²) in [5.41, 5.74) is 2.35. The largest absolute Gasteiger partial charge is 0.489 e. The first kappa shape index (κ1) is 14.9. The summed E-state index contributed by atoms with van der Waals surface area (Å²) in [6, 6.07) is 18.5. The lowest BCUT2D eigenvalue weighted by Gasteiger charge is -2.23. The van der Waals surface area contributed by atoms with E-state index < -0.39 is 0 Å². The zero-order valence-corrected chi connectivity index (χ0v) is 12.9. The van der Waals surface area contributed by atoms with Crippen LogP contribution in [0, 0.1) is 5.92 Å². The molecule has 2 N–H and O–H groups in total. The number of rotatable bonds is 6. The Morgan fingerprint density at radius 1 is 1.05 bits per heavy atom. The summed E-state index contributed by atoms with van der Waals surface area (Å²) >= 11 is 0. The van der Waals surface area contributed by atoms with E-state index in [9.17, 15) is 0 Å². The van der Waals surface area contributed by atoms with Crippen LogP contribution in [0.15, 0.2) is 54.6 Å². The zero-order valence-electron chi connectivity index (χ0n) is 12.9. The second-order valence-electron chi connectivity index (χ2n) is 5.89. The number of ether oxygens (including phenoxy) is 1. The van der Waals surface area contributed by atoms with E-state index in [2.05, 4.69) is 34.9 Å². The first-order chi connectivity index (χ1) is 10.9. The molecule has 1 atom stereocenters. The van der Waals surface area contributed by atoms with Gasteiger partial charge < -0.3 is 15.4 Å². The molecule has 1 fully saturated rings. The van der Waals surface area contributed by atoms with Gasteiger partial charge in [0.15, 0.2) is 0 Å². The third-order valence-electron chi connectivity index (χ3n) is 4.10. The van der Waals surface area contributed by atoms with Crippen LogP contribution in [-0.2, 0) is 6.61 Å². The molecular formula is C19H24N2O. The molecule has 0 radical (unpaired) electrons. The van der Waals surface area contributed by atoms with E-state index >= 15 is 0 Å². The summed E-state index contributed by atoms with van der Waals surface area (Å²) in [5.74, 6) is 1.65. The smallest absolute Gasteiger partial charge is 0.119 e. The summed E-state index contributed by atoms with van der Waals surface area (Å²) in [5, 5.41) is 6.97. The first-order valence-electron chi connectivity index (χ1n) is 8.11. The highest BCUT2D eigenvalue weighted by Gasteiger charge is 2.12. The Balaban J connectivity index is 1.45. The van der Waals surface area contributed by atoms with E-state index in [1.165, 1.54) is 24.9 Å². The number of piperidine rings is 1. The van der Waals surface area contributed by atoms with Gasteiger partial charge >= 0.3 is 0 Å². The Morgan fingerprint density at radius 2 is 1.86 bits per heavy atom. The van der Waals surface area contributed by atoms with E-state index in [1.54, 1.807) is 0 Å². The topological polar surface area (TPSA) is 33.3 Å². The van der Waals surface area contributed by atoms with Crippen LogP contribution in [0.5, 0.6) is 5.75 Å². The Morgan fingerprint density at radius 3 is 2.59 bits per heavy atom. The van der Waals surface area contributed by atoms with Crippen molar-refractivity contribution in [1.82, 2.24) is 5.32 Å². The average molecular weight is 296 g/mol. The maximum atomic E-state index is 5.80. The van der Waals surface area contributed by atoms with Crippen molar-refractivity contribution in [3.05, 3.63) is 60.2 Å². The Hall–Kier alpha value is -2.00. The molecule has 0 spiro atoms. The van der Waals surface area contributed by atoms with E-state index in [-0.39, 0.29) is 0 Å². The van der Waals surface area contributed by atoms with Gasteiger partial charge in [-0.15, -0.1) is 0 Å². The van der Waals surface area contributed by atoms with Gasteiger partial charge in [0.25, 0.3) is 0 Å². The van der Waals surface area contributed by atoms with E-state index in [1.807, 2.05) is 30.3 Å². The highest BCUT2D eigenvalue weighted by atomic mass is 16.5. The van der Waals surface area contributed by atoms with Crippen molar-refractivity contribution in [3.8, 4) is 5.75 Å². The number of hydrogen-bond donors (Lipinski definition) is 2. The molecule has 1 aliphatic rings. The molecule has 2 aromatic carbocycles. The third kappa shape index (κ3) is 4.50. The van der Waals surface area contributed by atoms with Crippen molar-refractivity contribution < 1.29 is 4.74 Å². The maximum absolute atomic E-state index is 5.80. The molecule has 3 heteroatoms. The molecule has 3 rings (SSSR count). The molecular weight excluding hydrogens is 272 g/mol. The lowest BCUT2D eigenvalue weighted by atomic mass is 10.00. The van der Waals surface area contributed by atoms with Gasteiger partial charge in [-0.2, -0.15) is 0 Å². The van der Waals surface area contributed by atoms with Gasteiger partial charge in [0.2, 0.25) is 0 Å². The van der Waals surface area contributed by atoms with Crippen LogP contribution in [-0.4, -0.2) is 19.6 Å². The van der Waals surface area contributed by atoms with Crippen LogP contribution in [0.2, 0.25) is 0 Å². The quantitative estimate of drug-likeness (QED) is 0.853. The van der Waals surface area contributed by atoms with E-state index in [0.717, 1.165) is 30.4 Å². The molecule has 1 saturated heterocycles. The average Bonchev–Trinajstić information content (AvgIpc) is 2.61. The van der Waals surface area contributed by atoms with Crippen molar-refractivity contribution in [2.45, 2.75) is 19.4 Å². The predicted octanol–water partition coefficient (Wildman–Crippen LogP) is 3.68. The second-order valence-corrected chi connectivity index (χ2v) is 5.89. The van der Waals surface area contributed by atoms with Gasteiger partial charge in [-0.3, -0.25) is 0 Å². The molecule has 3 nitrogen and oxygen atoms in total. The maximum Gasteiger partial charge on any atom is 0.119 e. The van der Waals surface area contributed by atoms with Crippen molar-refractivity contribution in [2.75, 3.05) is 25.0 Å². The standard InChI is InChI=1S/C19H24N2O/c1-2-5-16(6-3-1)15-22-19-10-8-18(9-11-19)21-14-17-7-4-12-20-13-17/h1-3,5-6,8-11,17,20-21H,4,7,12-15H2. The second kappa shape index (κ2) is 7.85. The summed E-state index contributed by atoms with van der Waals surface area (Å²) in [6.45, 7) is 3.95. The first-order valence-corrected chi connectivity index (χ1v) is 8.11. The van der Waals surface area contributed by atoms with Crippen LogP contribution in [0.3, 0.4) is 0 Å². The third-order valence-corrected chi connectivity index (χ3v) is 4.10. The fourth-order valence-electron chi connectivity index (χ4n) is 2.77. The van der Waals surface area contributed by atoms with Crippen LogP contribution >= 0.6 is 0 Å². The lowest BCUT2D eigenvalue weighted by molar-refractivity contribution is 0.306. The summed E-state index contributed by atoms with van der Waals surface area (Å²) < 4.78 is 5.80. The molecule has 22 heavy (non-hydrogen) atoms. The van der Waals surface area contributed by atoms with Crippen LogP contribution in [0.25, 0.3) is 0 Å². The Kier molecular flexibility index (Phi) is 5.32. The predicted molar refractivity (Wildman–Crippen MR) is 91.3 cm³/mol. The minimum atomic E-state index is 0.612. The molecule has 116 valence electrons. The summed E-state index contributed by atoms with van der Waals surface area (Å²) in [6.07, 6.45) is 2.61. The Labute approximate surface area is 132 Å². The van der Waals surface area contributed by atoms with Gasteiger partial charge in [-0.25, -0.2) is 0 Å². The summed E-state index contributed by atoms with van der Waals surface area (Å²) in [7, 11) is 0. The fourth-order valence-corrected chi connectivity index (χ4v) is 2.77. The molecule has 0 amide bonds. The molecule has 0 aromatic heterocycles. The van der Waals surface area contributed by atoms with Crippen LogP contribution < -0.4 is 15.4 Å². The molecule has 0 saturated carbocycles. The van der Waals surface area contributed by atoms with Gasteiger partial charge in [0, 0.05) is 12.2 Å². The monoisotopic (exact) mass is 296 g/mol. The van der Waals surface area contributed by atoms with Crippen LogP contribution in [0.4, 0.5) is 5.69 Å². The summed E-state index contributed by atoms with van der Waals surface area (Å²) in [4.78, 5) is 0. The normalized spacial score (nSPS) is 17.9. The molecule has 1 aliphatic heterocycles. The number of anilines is 1.